The van der Waals surface area contributed by atoms with Crippen LogP contribution in [0.3, 0.4) is 0 Å². The van der Waals surface area contributed by atoms with Crippen LogP contribution >= 0.6 is 0 Å². The van der Waals surface area contributed by atoms with E-state index in [1.54, 1.807) is 0 Å². The van der Waals surface area contributed by atoms with Crippen molar-refractivity contribution in [3.05, 3.63) is 178 Å². The van der Waals surface area contributed by atoms with E-state index in [1.165, 1.54) is 12.2 Å². The maximum atomic E-state index is 13.8. The fourth-order valence-corrected chi connectivity index (χ4v) is 11.1. The van der Waals surface area contributed by atoms with Crippen molar-refractivity contribution in [3.63, 3.8) is 0 Å². The molecule has 19 heteroatoms. The number of nitrogens with one attached hydrogen (secondary N) is 5. The molecule has 0 aliphatic carbocycles. The van der Waals surface area contributed by atoms with Crippen LogP contribution in [0, 0.1) is 6.92 Å². The molecule has 7 heterocycles. The molecule has 5 N–H and O–H groups in total. The number of pyridine rings is 3. The van der Waals surface area contributed by atoms with E-state index >= 15 is 0 Å². The Bertz CT molecular complexity index is 3700. The summed E-state index contributed by atoms with van der Waals surface area (Å²) in [6, 6.07) is 22.1. The maximum absolute atomic E-state index is 13.8. The molecule has 19 nitrogen and oxygen atoms in total. The zero-order chi connectivity index (χ0) is 64.0. The molecule has 2 fully saturated rings. The van der Waals surface area contributed by atoms with Gasteiger partial charge in [0.15, 0.2) is 5.78 Å². The minimum atomic E-state index is -0.293. The molecular formula is C70H89N13O6. The van der Waals surface area contributed by atoms with Gasteiger partial charge in [0.25, 0.3) is 17.4 Å². The highest BCUT2D eigenvalue weighted by Gasteiger charge is 2.22. The molecule has 2 aliphatic heterocycles. The topological polar surface area (TPSA) is 215 Å². The lowest BCUT2D eigenvalue weighted by Gasteiger charge is -2.33. The van der Waals surface area contributed by atoms with Crippen molar-refractivity contribution < 1.29 is 24.0 Å². The van der Waals surface area contributed by atoms with Crippen molar-refractivity contribution in [2.75, 3.05) is 96.4 Å². The third-order valence-electron chi connectivity index (χ3n) is 16.1. The fraction of sp³-hybridized carbons (Fsp3) is 0.371. The molecule has 2 aliphatic rings. The van der Waals surface area contributed by atoms with E-state index in [4.69, 9.17) is 14.8 Å². The number of hydrogen-bond acceptors (Lipinski definition) is 13. The lowest BCUT2D eigenvalue weighted by Crippen LogP contribution is -2.44. The van der Waals surface area contributed by atoms with E-state index in [9.17, 15) is 24.0 Å². The molecule has 9 rings (SSSR count). The standard InChI is InChI=1S/C34H47N7O2.C33H38N6O3.C3H4O/c1-6-8-27(19-26(3)38-24-42)25(2)22-37-34(43)31-20-29(21-32-30(31)11-14-40(32)13-7-12-35-4)28-9-10-33(36-23-28)41-17-15-39(5)16-18-41;1-5-7-23-16-22(3)36-33(42)29(23)20-35-32(41)28-17-25(18-30-27(28)10-11-39(30)21-26(40)6-2)24-8-9-31(34-19-24)38-14-12-37(4)13-15-38;1-2-3-4/h9-11,14,19-21,23-24,35H,6-8,12-13,15-18,22H2,1-5H3,(H,37,43)(H,38,42);6,8-11,16-19H,2,5,7,12-15,20-21H2,1,3-4H3,(H,35,41)(H,36,42);2-3H,1H2/b26-19-,27-25+;;. The number of H-pyrrole nitrogens is 1. The average Bonchev–Trinajstić information content (AvgIpc) is 2.38. The van der Waals surface area contributed by atoms with E-state index in [0.717, 1.165) is 181 Å². The zero-order valence-electron chi connectivity index (χ0n) is 53.2. The number of rotatable bonds is 25. The van der Waals surface area contributed by atoms with E-state index in [2.05, 4.69) is 116 Å². The largest absolute Gasteiger partial charge is 0.354 e. The van der Waals surface area contributed by atoms with Crippen molar-refractivity contribution >= 4 is 63.7 Å². The molecule has 5 aromatic heterocycles. The van der Waals surface area contributed by atoms with Crippen molar-refractivity contribution in [1.82, 2.24) is 55.2 Å². The SMILES string of the molecule is C=CC(=O)Cn1ccc2c(C(=O)NCc3c(CCC)cc(C)[nH]c3=O)cc(-c3ccc(N4CCN(C)CC4)nc3)cc21.C=CC=O.CCCC(/C=C(/C)NC=O)=C(/C)CNC(=O)c1cc(-c2ccc(N3CCN(C)CC3)nc2)cc2c1ccn2CCCNC. The number of piperazine rings is 2. The number of hydrogen-bond donors (Lipinski definition) is 5. The summed E-state index contributed by atoms with van der Waals surface area (Å²) < 4.78 is 4.06. The third kappa shape index (κ3) is 18.3. The van der Waals surface area contributed by atoms with Crippen molar-refractivity contribution in [1.29, 1.82) is 0 Å². The Morgan fingerprint density at radius 3 is 1.75 bits per heavy atom. The number of aryl methyl sites for hydroxylation is 3. The van der Waals surface area contributed by atoms with Crippen LogP contribution in [0.15, 0.2) is 145 Å². The lowest BCUT2D eigenvalue weighted by molar-refractivity contribution is -0.115. The first kappa shape index (κ1) is 67.5. The monoisotopic (exact) mass is 1210 g/mol. The third-order valence-corrected chi connectivity index (χ3v) is 16.1. The van der Waals surface area contributed by atoms with Crippen molar-refractivity contribution in [2.24, 2.45) is 0 Å². The number of likely N-dealkylation sites (N-methyl/N-ethyl adjacent to an activating group) is 2. The van der Waals surface area contributed by atoms with Gasteiger partial charge >= 0.3 is 0 Å². The summed E-state index contributed by atoms with van der Waals surface area (Å²) in [6.07, 6.45) is 17.9. The predicted molar refractivity (Wildman–Crippen MR) is 360 cm³/mol. The Morgan fingerprint density at radius 1 is 0.708 bits per heavy atom. The number of fused-ring (bicyclic) bond motifs is 2. The van der Waals surface area contributed by atoms with Crippen LogP contribution in [0.25, 0.3) is 44.1 Å². The molecule has 0 saturated carbocycles. The summed E-state index contributed by atoms with van der Waals surface area (Å²) >= 11 is 0. The van der Waals surface area contributed by atoms with Gasteiger partial charge in [-0.05, 0) is 175 Å². The molecule has 0 unspecified atom stereocenters. The van der Waals surface area contributed by atoms with E-state index in [0.29, 0.717) is 35.9 Å². The molecule has 89 heavy (non-hydrogen) atoms. The molecule has 0 radical (unpaired) electrons. The fourth-order valence-electron chi connectivity index (χ4n) is 11.1. The van der Waals surface area contributed by atoms with Crippen LogP contribution in [0.4, 0.5) is 11.6 Å². The second-order valence-corrected chi connectivity index (χ2v) is 22.8. The van der Waals surface area contributed by atoms with Gasteiger partial charge in [-0.1, -0.05) is 45.4 Å². The van der Waals surface area contributed by atoms with Crippen molar-refractivity contribution in [2.45, 2.75) is 86.4 Å². The van der Waals surface area contributed by atoms with Gasteiger partial charge in [0.2, 0.25) is 6.41 Å². The quantitative estimate of drug-likeness (QED) is 0.0157. The highest BCUT2D eigenvalue weighted by atomic mass is 16.2. The number of carbonyl (C=O) groups is 5. The first-order valence-corrected chi connectivity index (χ1v) is 30.8. The minimum Gasteiger partial charge on any atom is -0.354 e. The van der Waals surface area contributed by atoms with Crippen LogP contribution in [0.1, 0.15) is 90.9 Å². The first-order chi connectivity index (χ1) is 43.0. The summed E-state index contributed by atoms with van der Waals surface area (Å²) in [6.45, 7) is 26.9. The highest BCUT2D eigenvalue weighted by molar-refractivity contribution is 6.09. The summed E-state index contributed by atoms with van der Waals surface area (Å²) in [4.78, 5) is 94.0. The number of benzene rings is 2. The minimum absolute atomic E-state index is 0.108. The molecular weight excluding hydrogens is 1120 g/mol. The van der Waals surface area contributed by atoms with Gasteiger partial charge in [-0.3, -0.25) is 28.8 Å². The van der Waals surface area contributed by atoms with Crippen LogP contribution in [-0.2, 0) is 40.4 Å². The second kappa shape index (κ2) is 33.3. The van der Waals surface area contributed by atoms with Gasteiger partial charge in [0.05, 0.1) is 6.54 Å². The molecule has 0 spiro atoms. The molecule has 0 bridgehead atoms. The van der Waals surface area contributed by atoms with Crippen LogP contribution < -0.4 is 36.6 Å². The predicted octanol–water partition coefficient (Wildman–Crippen LogP) is 9.02. The number of amides is 3. The number of aromatic amines is 1. The van der Waals surface area contributed by atoms with Gasteiger partial charge in [0, 0.05) is 158 Å². The van der Waals surface area contributed by atoms with Gasteiger partial charge in [-0.15, -0.1) is 0 Å². The smallest absolute Gasteiger partial charge is 0.253 e. The Balaban J connectivity index is 0.000000239. The normalized spacial score (nSPS) is 14.0. The van der Waals surface area contributed by atoms with Gasteiger partial charge in [-0.25, -0.2) is 9.97 Å². The first-order valence-electron chi connectivity index (χ1n) is 30.8. The lowest BCUT2D eigenvalue weighted by atomic mass is 10.00. The van der Waals surface area contributed by atoms with Gasteiger partial charge < -0.3 is 55.0 Å². The van der Waals surface area contributed by atoms with E-state index < -0.39 is 0 Å². The summed E-state index contributed by atoms with van der Waals surface area (Å²) in [7, 11) is 6.24. The summed E-state index contributed by atoms with van der Waals surface area (Å²) in [5.41, 5.74) is 11.7. The van der Waals surface area contributed by atoms with Crippen LogP contribution in [-0.4, -0.2) is 151 Å². The van der Waals surface area contributed by atoms with Gasteiger partial charge in [-0.2, -0.15) is 0 Å². The molecule has 470 valence electrons. The second-order valence-electron chi connectivity index (χ2n) is 22.8. The average molecular weight is 1210 g/mol. The number of ketones is 1. The summed E-state index contributed by atoms with van der Waals surface area (Å²) in [5, 5.41) is 13.7. The molecule has 2 aromatic carbocycles. The molecule has 2 saturated heterocycles. The Morgan fingerprint density at radius 2 is 1.26 bits per heavy atom. The van der Waals surface area contributed by atoms with Crippen molar-refractivity contribution in [3.8, 4) is 22.3 Å². The summed E-state index contributed by atoms with van der Waals surface area (Å²) in [5.74, 6) is 1.40. The highest BCUT2D eigenvalue weighted by Crippen LogP contribution is 2.32. The van der Waals surface area contributed by atoms with Gasteiger partial charge in [0.1, 0.15) is 17.9 Å². The number of anilines is 2. The number of allylic oxidation sites excluding steroid dienone is 5. The number of nitrogens with zero attached hydrogens (tertiary/aromatic N) is 8. The van der Waals surface area contributed by atoms with Crippen LogP contribution in [0.5, 0.6) is 0 Å². The molecule has 3 amide bonds. The number of aromatic nitrogens is 5. The zero-order valence-corrected chi connectivity index (χ0v) is 53.2. The Kier molecular flexibility index (Phi) is 25.3. The Hall–Kier alpha value is -9.04. The van der Waals surface area contributed by atoms with E-state index in [-0.39, 0.29) is 36.2 Å². The van der Waals surface area contributed by atoms with Crippen LogP contribution in [0.2, 0.25) is 0 Å². The number of carbonyl (C=O) groups excluding carboxylic acids is 5. The maximum Gasteiger partial charge on any atom is 0.253 e. The Labute approximate surface area is 523 Å². The molecule has 0 atom stereocenters. The van der Waals surface area contributed by atoms with E-state index in [1.807, 2.05) is 106 Å². The number of aldehydes is 1. The molecule has 7 aromatic rings.